The van der Waals surface area contributed by atoms with Crippen molar-refractivity contribution in [2.75, 3.05) is 0 Å². The van der Waals surface area contributed by atoms with Gasteiger partial charge in [0.2, 0.25) is 0 Å². The van der Waals surface area contributed by atoms with Gasteiger partial charge in [-0.2, -0.15) is 0 Å². The highest BCUT2D eigenvalue weighted by Crippen LogP contribution is 2.64. The zero-order chi connectivity index (χ0) is 31.9. The van der Waals surface area contributed by atoms with E-state index in [0.717, 1.165) is 6.92 Å². The van der Waals surface area contributed by atoms with Gasteiger partial charge >= 0.3 is 0 Å². The van der Waals surface area contributed by atoms with Gasteiger partial charge in [-0.15, -0.1) is 0 Å². The first-order valence-electron chi connectivity index (χ1n) is 14.9. The molecule has 7 nitrogen and oxygen atoms in total. The quantitative estimate of drug-likeness (QED) is 0.392. The zero-order valence-electron chi connectivity index (χ0n) is 26.5. The molecule has 1 aromatic carbocycles. The fourth-order valence-electron chi connectivity index (χ4n) is 8.24. The Morgan fingerprint density at radius 1 is 1.07 bits per heavy atom. The fourth-order valence-corrected chi connectivity index (χ4v) is 8.24. The number of aromatic hydroxyl groups is 1. The lowest BCUT2D eigenvalue weighted by molar-refractivity contribution is -0.205. The Balaban J connectivity index is 2.02. The molecule has 1 aromatic rings. The van der Waals surface area contributed by atoms with Crippen LogP contribution in [0.5, 0.6) is 5.75 Å². The van der Waals surface area contributed by atoms with Crippen molar-refractivity contribution in [3.63, 3.8) is 0 Å². The average molecular weight is 577 g/mol. The molecule has 2 fully saturated rings. The molecule has 42 heavy (non-hydrogen) atoms. The van der Waals surface area contributed by atoms with Crippen LogP contribution in [0.25, 0.3) is 0 Å². The molecule has 0 amide bonds. The standard InChI is InChI=1S/C35H44O7/c1-17(2)12-11-13-20-14-22(32(6,7)8)27(37)24-21(20)15-33(9)16-34(10)25(18(3)4)28(38)23(19(5)36)30(40)35(34,42)31(41)26(33)29(24)39/h14,17-18,23,25-26,37,42H,12,15-16H2,1-10H3/t23?,25?,26?,33-,34-,35+/m1/s1. The minimum atomic E-state index is -2.71. The first kappa shape index (κ1) is 31.8. The van der Waals surface area contributed by atoms with Gasteiger partial charge in [-0.3, -0.25) is 24.0 Å². The van der Waals surface area contributed by atoms with E-state index >= 15 is 0 Å². The first-order chi connectivity index (χ1) is 19.1. The van der Waals surface area contributed by atoms with Gasteiger partial charge in [0, 0.05) is 28.9 Å². The largest absolute Gasteiger partial charge is 0.507 e. The summed E-state index contributed by atoms with van der Waals surface area (Å²) in [5.41, 5.74) is -4.23. The minimum absolute atomic E-state index is 0.00200. The second-order valence-corrected chi connectivity index (χ2v) is 15.2. The highest BCUT2D eigenvalue weighted by molar-refractivity contribution is 6.32. The van der Waals surface area contributed by atoms with Crippen molar-refractivity contribution in [3.05, 3.63) is 28.3 Å². The van der Waals surface area contributed by atoms with E-state index in [0.29, 0.717) is 29.0 Å². The van der Waals surface area contributed by atoms with Crippen LogP contribution < -0.4 is 0 Å². The summed E-state index contributed by atoms with van der Waals surface area (Å²) >= 11 is 0. The van der Waals surface area contributed by atoms with E-state index < -0.39 is 68.5 Å². The van der Waals surface area contributed by atoms with Crippen molar-refractivity contribution in [3.8, 4) is 17.6 Å². The molecule has 0 aliphatic heterocycles. The van der Waals surface area contributed by atoms with Crippen LogP contribution in [0.2, 0.25) is 0 Å². The summed E-state index contributed by atoms with van der Waals surface area (Å²) in [6, 6.07) is 1.82. The number of rotatable bonds is 3. The third-order valence-electron chi connectivity index (χ3n) is 9.92. The van der Waals surface area contributed by atoms with Gasteiger partial charge in [0.1, 0.15) is 17.5 Å². The monoisotopic (exact) mass is 576 g/mol. The molecule has 3 aliphatic rings. The van der Waals surface area contributed by atoms with Gasteiger partial charge in [-0.25, -0.2) is 0 Å². The molecule has 6 atom stereocenters. The molecule has 0 bridgehead atoms. The summed E-state index contributed by atoms with van der Waals surface area (Å²) in [7, 11) is 0. The maximum Gasteiger partial charge on any atom is 0.190 e. The first-order valence-corrected chi connectivity index (χ1v) is 14.9. The van der Waals surface area contributed by atoms with Crippen molar-refractivity contribution in [1.82, 2.24) is 0 Å². The fraction of sp³-hybridized carbons (Fsp3) is 0.629. The Bertz CT molecular complexity index is 1480. The molecule has 0 aromatic heterocycles. The molecular formula is C35H44O7. The number of fused-ring (bicyclic) bond motifs is 3. The van der Waals surface area contributed by atoms with Crippen LogP contribution in [0.4, 0.5) is 0 Å². The van der Waals surface area contributed by atoms with Crippen LogP contribution in [-0.2, 0) is 31.0 Å². The number of benzene rings is 1. The molecule has 0 saturated heterocycles. The highest BCUT2D eigenvalue weighted by atomic mass is 16.3. The summed E-state index contributed by atoms with van der Waals surface area (Å²) < 4.78 is 0. The Morgan fingerprint density at radius 2 is 1.67 bits per heavy atom. The second-order valence-electron chi connectivity index (χ2n) is 15.2. The predicted octanol–water partition coefficient (Wildman–Crippen LogP) is 4.79. The van der Waals surface area contributed by atoms with Crippen LogP contribution >= 0.6 is 0 Å². The number of phenolic OH excluding ortho intramolecular Hbond substituents is 1. The van der Waals surface area contributed by atoms with E-state index in [4.69, 9.17) is 0 Å². The Hall–Kier alpha value is -3.11. The lowest BCUT2D eigenvalue weighted by atomic mass is 9.39. The van der Waals surface area contributed by atoms with Crippen molar-refractivity contribution < 1.29 is 34.2 Å². The van der Waals surface area contributed by atoms with E-state index in [1.165, 1.54) is 0 Å². The SMILES string of the molecule is CC(=O)C1C(=O)C(C(C)C)[C@@]2(C)C[C@@]3(C)Cc4c(C#CCC(C)C)cc(C(C)(C)C)c(O)c4C(=O)C3C(=O)[C@@]2(O)C1=O. The van der Waals surface area contributed by atoms with E-state index in [1.807, 2.05) is 26.8 Å². The number of hydrogen-bond donors (Lipinski definition) is 2. The summed E-state index contributed by atoms with van der Waals surface area (Å²) in [6.45, 7) is 17.8. The van der Waals surface area contributed by atoms with Crippen LogP contribution in [0.15, 0.2) is 6.07 Å². The number of carbonyl (C=O) groups is 5. The Morgan fingerprint density at radius 3 is 2.17 bits per heavy atom. The summed E-state index contributed by atoms with van der Waals surface area (Å²) in [5.74, 6) is -2.15. The Kier molecular flexibility index (Phi) is 7.56. The number of carbonyl (C=O) groups excluding carboxylic acids is 5. The number of phenols is 1. The molecule has 2 saturated carbocycles. The van der Waals surface area contributed by atoms with Gasteiger partial charge in [0.15, 0.2) is 28.7 Å². The number of aliphatic hydroxyl groups is 1. The van der Waals surface area contributed by atoms with E-state index in [1.54, 1.807) is 27.7 Å². The normalized spacial score (nSPS) is 32.7. The summed E-state index contributed by atoms with van der Waals surface area (Å²) in [4.78, 5) is 69.0. The molecule has 7 heteroatoms. The molecule has 3 unspecified atom stereocenters. The lowest BCUT2D eigenvalue weighted by Gasteiger charge is -2.61. The third kappa shape index (κ3) is 4.32. The second kappa shape index (κ2) is 9.98. The van der Waals surface area contributed by atoms with Crippen molar-refractivity contribution in [1.29, 1.82) is 0 Å². The van der Waals surface area contributed by atoms with Gasteiger partial charge in [-0.1, -0.05) is 74.2 Å². The highest BCUT2D eigenvalue weighted by Gasteiger charge is 2.76. The molecule has 0 radical (unpaired) electrons. The average Bonchev–Trinajstić information content (AvgIpc) is 2.81. The van der Waals surface area contributed by atoms with Crippen LogP contribution in [0.1, 0.15) is 109 Å². The summed E-state index contributed by atoms with van der Waals surface area (Å²) in [6.07, 6.45) is 0.836. The molecular weight excluding hydrogens is 532 g/mol. The van der Waals surface area contributed by atoms with Crippen molar-refractivity contribution in [2.24, 2.45) is 40.4 Å². The van der Waals surface area contributed by atoms with Crippen LogP contribution in [0.3, 0.4) is 0 Å². The van der Waals surface area contributed by atoms with Crippen LogP contribution in [-0.4, -0.2) is 44.7 Å². The van der Waals surface area contributed by atoms with E-state index in [9.17, 15) is 34.2 Å². The molecule has 226 valence electrons. The molecule has 3 aliphatic carbocycles. The van der Waals surface area contributed by atoms with Crippen LogP contribution in [0, 0.1) is 52.3 Å². The Labute approximate surface area is 248 Å². The topological polar surface area (TPSA) is 126 Å². The molecule has 2 N–H and O–H groups in total. The smallest absolute Gasteiger partial charge is 0.190 e. The lowest BCUT2D eigenvalue weighted by Crippen LogP contribution is -2.76. The molecule has 4 rings (SSSR count). The van der Waals surface area contributed by atoms with Gasteiger partial charge in [-0.05, 0) is 54.1 Å². The summed E-state index contributed by atoms with van der Waals surface area (Å²) in [5, 5.41) is 23.7. The van der Waals surface area contributed by atoms with E-state index in [-0.39, 0.29) is 30.1 Å². The third-order valence-corrected chi connectivity index (χ3v) is 9.92. The van der Waals surface area contributed by atoms with Gasteiger partial charge in [0.25, 0.3) is 0 Å². The number of ketones is 5. The van der Waals surface area contributed by atoms with E-state index in [2.05, 4.69) is 25.7 Å². The van der Waals surface area contributed by atoms with Gasteiger partial charge < -0.3 is 10.2 Å². The van der Waals surface area contributed by atoms with Crippen molar-refractivity contribution in [2.45, 2.75) is 99.5 Å². The molecule has 0 spiro atoms. The number of hydrogen-bond acceptors (Lipinski definition) is 7. The predicted molar refractivity (Wildman–Crippen MR) is 158 cm³/mol. The number of Topliss-reactive ketones (excluding diaryl/α,β-unsaturated/α-hetero) is 5. The maximum atomic E-state index is 14.5. The zero-order valence-corrected chi connectivity index (χ0v) is 26.5. The van der Waals surface area contributed by atoms with Crippen molar-refractivity contribution >= 4 is 28.9 Å². The van der Waals surface area contributed by atoms with Gasteiger partial charge in [0.05, 0.1) is 11.5 Å². The minimum Gasteiger partial charge on any atom is -0.507 e. The molecule has 0 heterocycles. The maximum absolute atomic E-state index is 14.5.